The Bertz CT molecular complexity index is 935. The summed E-state index contributed by atoms with van der Waals surface area (Å²) in [5, 5.41) is 13.4. The molecular formula is C21H26N2O6. The van der Waals surface area contributed by atoms with Crippen LogP contribution in [-0.2, 0) is 9.53 Å². The average Bonchev–Trinajstić information content (AvgIpc) is 2.74. The number of allylic oxidation sites excluding steroid dienone is 1. The minimum atomic E-state index is -0.657. The van der Waals surface area contributed by atoms with Gasteiger partial charge in [0, 0.05) is 18.4 Å². The molecule has 0 unspecified atom stereocenters. The smallest absolute Gasteiger partial charge is 0.306 e. The molecule has 0 fully saturated rings. The molecule has 2 N–H and O–H groups in total. The Morgan fingerprint density at radius 2 is 1.97 bits per heavy atom. The first-order chi connectivity index (χ1) is 13.9. The minimum Gasteiger partial charge on any atom is -0.496 e. The highest BCUT2D eigenvalue weighted by Gasteiger charge is 2.26. The van der Waals surface area contributed by atoms with E-state index in [4.69, 9.17) is 14.2 Å². The summed E-state index contributed by atoms with van der Waals surface area (Å²) in [7, 11) is 2.92. The van der Waals surface area contributed by atoms with Gasteiger partial charge >= 0.3 is 5.97 Å². The molecule has 0 aliphatic carbocycles. The quantitative estimate of drug-likeness (QED) is 0.250. The third kappa shape index (κ3) is 4.65. The number of ether oxygens (including phenoxy) is 3. The molecule has 29 heavy (non-hydrogen) atoms. The van der Waals surface area contributed by atoms with E-state index < -0.39 is 6.10 Å². The number of carbonyl (C=O) groups excluding carboxylic acids is 1. The summed E-state index contributed by atoms with van der Waals surface area (Å²) >= 11 is 0. The number of fused-ring (bicyclic) bond motifs is 1. The number of hydrogen-bond donors (Lipinski definition) is 2. The largest absolute Gasteiger partial charge is 0.496 e. The summed E-state index contributed by atoms with van der Waals surface area (Å²) in [6, 6.07) is 4.66. The third-order valence-electron chi connectivity index (χ3n) is 4.50. The van der Waals surface area contributed by atoms with E-state index in [-0.39, 0.29) is 18.1 Å². The maximum Gasteiger partial charge on any atom is 0.306 e. The molecule has 156 valence electrons. The van der Waals surface area contributed by atoms with E-state index in [9.17, 15) is 14.9 Å². The highest BCUT2D eigenvalue weighted by Crippen LogP contribution is 2.48. The van der Waals surface area contributed by atoms with E-state index in [0.717, 1.165) is 5.57 Å². The lowest BCUT2D eigenvalue weighted by atomic mass is 9.96. The van der Waals surface area contributed by atoms with Crippen LogP contribution in [0.1, 0.15) is 45.3 Å². The average molecular weight is 402 g/mol. The van der Waals surface area contributed by atoms with E-state index in [0.29, 0.717) is 39.9 Å². The molecule has 0 heterocycles. The van der Waals surface area contributed by atoms with Crippen LogP contribution in [0.2, 0.25) is 0 Å². The third-order valence-corrected chi connectivity index (χ3v) is 4.50. The molecular weight excluding hydrogens is 376 g/mol. The van der Waals surface area contributed by atoms with Crippen LogP contribution in [-0.4, -0.2) is 25.4 Å². The van der Waals surface area contributed by atoms with Crippen molar-refractivity contribution in [3.05, 3.63) is 40.3 Å². The van der Waals surface area contributed by atoms with Gasteiger partial charge in [-0.3, -0.25) is 15.5 Å². The number of nitrogens with one attached hydrogen (secondary N) is 1. The molecule has 8 heteroatoms. The van der Waals surface area contributed by atoms with Crippen molar-refractivity contribution in [2.75, 3.05) is 19.7 Å². The van der Waals surface area contributed by atoms with Gasteiger partial charge in [0.1, 0.15) is 23.3 Å². The predicted octanol–water partition coefficient (Wildman–Crippen LogP) is 5.41. The zero-order chi connectivity index (χ0) is 21.6. The number of anilines is 1. The summed E-state index contributed by atoms with van der Waals surface area (Å²) in [5.41, 5.74) is 4.14. The number of carbonyl (C=O) groups is 1. The number of nitroso groups, excluding NO2 is 1. The van der Waals surface area contributed by atoms with Crippen LogP contribution in [0, 0.1) is 4.91 Å². The minimum absolute atomic E-state index is 0.110. The van der Waals surface area contributed by atoms with Gasteiger partial charge in [-0.05, 0) is 37.2 Å². The van der Waals surface area contributed by atoms with Crippen molar-refractivity contribution in [3.8, 4) is 11.5 Å². The molecule has 0 bridgehead atoms. The van der Waals surface area contributed by atoms with Crippen molar-refractivity contribution >= 4 is 28.1 Å². The highest BCUT2D eigenvalue weighted by atomic mass is 16.5. The van der Waals surface area contributed by atoms with Gasteiger partial charge in [0.15, 0.2) is 0 Å². The van der Waals surface area contributed by atoms with Crippen LogP contribution < -0.4 is 15.0 Å². The Kier molecular flexibility index (Phi) is 7.55. The van der Waals surface area contributed by atoms with Crippen molar-refractivity contribution in [1.29, 1.82) is 0 Å². The Labute approximate surface area is 169 Å². The fraction of sp³-hybridized carbons (Fsp3) is 0.381. The van der Waals surface area contributed by atoms with Crippen LogP contribution in [0.5, 0.6) is 11.5 Å². The molecule has 0 amide bonds. The second kappa shape index (κ2) is 9.88. The SMILES string of the molecule is CCC(=O)O[C@H](CC=C(C)C)c1cc(OC)c2c(NO)ccc(N=O)c2c1OC. The first-order valence-corrected chi connectivity index (χ1v) is 9.19. The van der Waals surface area contributed by atoms with Crippen molar-refractivity contribution in [2.24, 2.45) is 5.18 Å². The van der Waals surface area contributed by atoms with Crippen LogP contribution in [0.25, 0.3) is 10.8 Å². The molecule has 2 rings (SSSR count). The van der Waals surface area contributed by atoms with Gasteiger partial charge < -0.3 is 14.2 Å². The number of methoxy groups -OCH3 is 2. The lowest BCUT2D eigenvalue weighted by Crippen LogP contribution is -2.12. The monoisotopic (exact) mass is 402 g/mol. The van der Waals surface area contributed by atoms with E-state index in [1.165, 1.54) is 26.4 Å². The second-order valence-electron chi connectivity index (χ2n) is 6.64. The number of benzene rings is 2. The van der Waals surface area contributed by atoms with Crippen molar-refractivity contribution < 1.29 is 24.2 Å². The Balaban J connectivity index is 2.87. The molecule has 2 aromatic carbocycles. The van der Waals surface area contributed by atoms with E-state index in [2.05, 4.69) is 10.7 Å². The summed E-state index contributed by atoms with van der Waals surface area (Å²) in [4.78, 5) is 23.5. The topological polar surface area (TPSA) is 106 Å². The maximum absolute atomic E-state index is 12.1. The van der Waals surface area contributed by atoms with Gasteiger partial charge in [-0.1, -0.05) is 18.6 Å². The van der Waals surface area contributed by atoms with Gasteiger partial charge in [0.25, 0.3) is 0 Å². The lowest BCUT2D eigenvalue weighted by Gasteiger charge is -2.23. The molecule has 0 saturated carbocycles. The van der Waals surface area contributed by atoms with Crippen molar-refractivity contribution in [1.82, 2.24) is 0 Å². The first-order valence-electron chi connectivity index (χ1n) is 9.19. The number of esters is 1. The fourth-order valence-corrected chi connectivity index (χ4v) is 3.11. The number of hydrogen-bond acceptors (Lipinski definition) is 8. The van der Waals surface area contributed by atoms with E-state index in [1.54, 1.807) is 13.0 Å². The van der Waals surface area contributed by atoms with E-state index >= 15 is 0 Å². The molecule has 2 aromatic rings. The van der Waals surface area contributed by atoms with Crippen molar-refractivity contribution in [3.63, 3.8) is 0 Å². The normalized spacial score (nSPS) is 11.5. The molecule has 0 aliphatic heterocycles. The number of rotatable bonds is 9. The summed E-state index contributed by atoms with van der Waals surface area (Å²) in [6.07, 6.45) is 1.93. The second-order valence-corrected chi connectivity index (χ2v) is 6.64. The van der Waals surface area contributed by atoms with Crippen LogP contribution >= 0.6 is 0 Å². The predicted molar refractivity (Wildman–Crippen MR) is 111 cm³/mol. The van der Waals surface area contributed by atoms with Crippen molar-refractivity contribution in [2.45, 2.75) is 39.7 Å². The van der Waals surface area contributed by atoms with Crippen LogP contribution in [0.15, 0.2) is 35.0 Å². The Morgan fingerprint density at radius 1 is 1.24 bits per heavy atom. The van der Waals surface area contributed by atoms with Gasteiger partial charge in [-0.25, -0.2) is 0 Å². The van der Waals surface area contributed by atoms with Crippen LogP contribution in [0.4, 0.5) is 11.4 Å². The van der Waals surface area contributed by atoms with Gasteiger partial charge in [-0.15, -0.1) is 4.91 Å². The van der Waals surface area contributed by atoms with Gasteiger partial charge in [0.05, 0.1) is 30.7 Å². The zero-order valence-electron chi connectivity index (χ0n) is 17.2. The maximum atomic E-state index is 12.1. The number of nitrogens with zero attached hydrogens (tertiary/aromatic N) is 1. The van der Waals surface area contributed by atoms with Gasteiger partial charge in [-0.2, -0.15) is 0 Å². The molecule has 0 aromatic heterocycles. The molecule has 0 aliphatic rings. The standard InChI is InChI=1S/C21H26N2O6/c1-6-18(24)29-16(10-7-12(2)3)13-11-17(27-4)19-14(22-25)8-9-15(23-26)20(19)21(13)28-5/h7-9,11,16,22,25H,6,10H2,1-5H3/t16-/m1/s1. The lowest BCUT2D eigenvalue weighted by molar-refractivity contribution is -0.149. The molecule has 8 nitrogen and oxygen atoms in total. The molecule has 1 atom stereocenters. The highest BCUT2D eigenvalue weighted by molar-refractivity contribution is 6.08. The summed E-state index contributed by atoms with van der Waals surface area (Å²) in [5.74, 6) is 0.328. The van der Waals surface area contributed by atoms with E-state index in [1.807, 2.05) is 19.9 Å². The zero-order valence-corrected chi connectivity index (χ0v) is 17.2. The Morgan fingerprint density at radius 3 is 2.48 bits per heavy atom. The first kappa shape index (κ1) is 22.2. The molecule has 0 radical (unpaired) electrons. The van der Waals surface area contributed by atoms with Gasteiger partial charge in [0.2, 0.25) is 0 Å². The fourth-order valence-electron chi connectivity index (χ4n) is 3.11. The Hall–Kier alpha value is -3.13. The molecule has 0 spiro atoms. The summed E-state index contributed by atoms with van der Waals surface area (Å²) in [6.45, 7) is 5.61. The van der Waals surface area contributed by atoms with Crippen LogP contribution in [0.3, 0.4) is 0 Å². The molecule has 0 saturated heterocycles. The summed E-state index contributed by atoms with van der Waals surface area (Å²) < 4.78 is 16.8.